The number of anilines is 1. The fourth-order valence-corrected chi connectivity index (χ4v) is 2.08. The van der Waals surface area contributed by atoms with Gasteiger partial charge in [-0.2, -0.15) is 0 Å². The van der Waals surface area contributed by atoms with Gasteiger partial charge in [-0.3, -0.25) is 0 Å². The molecule has 2 N–H and O–H groups in total. The second-order valence-corrected chi connectivity index (χ2v) is 4.15. The zero-order valence-electron chi connectivity index (χ0n) is 7.51. The molecule has 2 nitrogen and oxygen atoms in total. The lowest BCUT2D eigenvalue weighted by Gasteiger charge is -2.07. The van der Waals surface area contributed by atoms with E-state index >= 15 is 0 Å². The summed E-state index contributed by atoms with van der Waals surface area (Å²) in [6, 6.07) is 3.86. The van der Waals surface area contributed by atoms with Crippen LogP contribution in [0, 0.1) is 0 Å². The van der Waals surface area contributed by atoms with Crippen LogP contribution in [0.3, 0.4) is 0 Å². The maximum absolute atomic E-state index is 5.86. The molecule has 13 heavy (non-hydrogen) atoms. The van der Waals surface area contributed by atoms with Crippen molar-refractivity contribution in [3.8, 4) is 5.75 Å². The zero-order valence-corrected chi connectivity index (χ0v) is 9.10. The Hall–Kier alpha value is -0.700. The molecule has 0 amide bonds. The van der Waals surface area contributed by atoms with Crippen molar-refractivity contribution in [3.63, 3.8) is 0 Å². The summed E-state index contributed by atoms with van der Waals surface area (Å²) in [6.07, 6.45) is 2.27. The molecule has 0 spiro atoms. The van der Waals surface area contributed by atoms with Crippen LogP contribution in [0.1, 0.15) is 18.9 Å². The topological polar surface area (TPSA) is 35.2 Å². The van der Waals surface area contributed by atoms with Crippen molar-refractivity contribution in [1.29, 1.82) is 0 Å². The molecule has 1 heterocycles. The standard InChI is InChI=1S/C10H12BrNO/c1-2-6-5-7-9(12)4-3-8(11)10(7)13-6/h3-4,6H,2,5,12H2,1H3. The van der Waals surface area contributed by atoms with Gasteiger partial charge in [-0.15, -0.1) is 0 Å². The van der Waals surface area contributed by atoms with Crippen LogP contribution in [-0.2, 0) is 6.42 Å². The first kappa shape index (κ1) is 8.88. The second kappa shape index (κ2) is 3.22. The van der Waals surface area contributed by atoms with Gasteiger partial charge in [0.05, 0.1) is 4.47 Å². The molecule has 0 radical (unpaired) electrons. The van der Waals surface area contributed by atoms with Crippen molar-refractivity contribution in [2.75, 3.05) is 5.73 Å². The summed E-state index contributed by atoms with van der Waals surface area (Å²) in [5, 5.41) is 0. The van der Waals surface area contributed by atoms with Crippen LogP contribution < -0.4 is 10.5 Å². The summed E-state index contributed by atoms with van der Waals surface area (Å²) in [7, 11) is 0. The molecule has 0 aliphatic carbocycles. The Kier molecular flexibility index (Phi) is 2.20. The predicted molar refractivity (Wildman–Crippen MR) is 57.0 cm³/mol. The smallest absolute Gasteiger partial charge is 0.139 e. The van der Waals surface area contributed by atoms with E-state index in [-0.39, 0.29) is 0 Å². The molecule has 0 saturated carbocycles. The van der Waals surface area contributed by atoms with Gasteiger partial charge in [0.15, 0.2) is 0 Å². The first-order chi connectivity index (χ1) is 6.22. The lowest BCUT2D eigenvalue weighted by atomic mass is 10.1. The third kappa shape index (κ3) is 1.41. The number of hydrogen-bond acceptors (Lipinski definition) is 2. The van der Waals surface area contributed by atoms with Crippen LogP contribution in [0.5, 0.6) is 5.75 Å². The first-order valence-corrected chi connectivity index (χ1v) is 5.25. The summed E-state index contributed by atoms with van der Waals surface area (Å²) in [4.78, 5) is 0. The van der Waals surface area contributed by atoms with Gasteiger partial charge in [0.1, 0.15) is 11.9 Å². The van der Waals surface area contributed by atoms with Crippen molar-refractivity contribution in [1.82, 2.24) is 0 Å². The van der Waals surface area contributed by atoms with E-state index in [4.69, 9.17) is 10.5 Å². The Labute approximate surface area is 86.2 Å². The summed E-state index contributed by atoms with van der Waals surface area (Å²) in [6.45, 7) is 2.13. The van der Waals surface area contributed by atoms with Gasteiger partial charge in [-0.05, 0) is 34.5 Å². The van der Waals surface area contributed by atoms with Crippen LogP contribution in [0.2, 0.25) is 0 Å². The lowest BCUT2D eigenvalue weighted by Crippen LogP contribution is -2.10. The number of ether oxygens (including phenoxy) is 1. The van der Waals surface area contributed by atoms with E-state index in [0.717, 1.165) is 34.3 Å². The van der Waals surface area contributed by atoms with Crippen molar-refractivity contribution in [3.05, 3.63) is 22.2 Å². The van der Waals surface area contributed by atoms with Crippen LogP contribution in [0.25, 0.3) is 0 Å². The van der Waals surface area contributed by atoms with Crippen LogP contribution in [-0.4, -0.2) is 6.10 Å². The molecule has 1 aromatic rings. The molecule has 0 saturated heterocycles. The largest absolute Gasteiger partial charge is 0.489 e. The van der Waals surface area contributed by atoms with Crippen LogP contribution in [0.4, 0.5) is 5.69 Å². The fourth-order valence-electron chi connectivity index (χ4n) is 1.62. The van der Waals surface area contributed by atoms with E-state index in [1.165, 1.54) is 0 Å². The molecule has 1 aliphatic rings. The second-order valence-electron chi connectivity index (χ2n) is 3.30. The maximum Gasteiger partial charge on any atom is 0.139 e. The average Bonchev–Trinajstić information content (AvgIpc) is 2.56. The number of nitrogen functional groups attached to an aromatic ring is 1. The van der Waals surface area contributed by atoms with Gasteiger partial charge in [0, 0.05) is 17.7 Å². The highest BCUT2D eigenvalue weighted by atomic mass is 79.9. The number of hydrogen-bond donors (Lipinski definition) is 1. The van der Waals surface area contributed by atoms with Crippen molar-refractivity contribution in [2.24, 2.45) is 0 Å². The molecule has 0 bridgehead atoms. The van der Waals surface area contributed by atoms with Crippen molar-refractivity contribution >= 4 is 21.6 Å². The van der Waals surface area contributed by atoms with Crippen LogP contribution >= 0.6 is 15.9 Å². The molecule has 3 heteroatoms. The predicted octanol–water partition coefficient (Wildman–Crippen LogP) is 2.74. The van der Waals surface area contributed by atoms with E-state index in [2.05, 4.69) is 22.9 Å². The zero-order chi connectivity index (χ0) is 9.42. The Balaban J connectivity index is 2.43. The average molecular weight is 242 g/mol. The van der Waals surface area contributed by atoms with E-state index in [0.29, 0.717) is 6.10 Å². The summed E-state index contributed by atoms with van der Waals surface area (Å²) >= 11 is 3.46. The van der Waals surface area contributed by atoms with Gasteiger partial charge in [-0.1, -0.05) is 6.92 Å². The van der Waals surface area contributed by atoms with E-state index in [1.54, 1.807) is 0 Å². The highest BCUT2D eigenvalue weighted by Crippen LogP contribution is 2.39. The molecule has 1 atom stereocenters. The monoisotopic (exact) mass is 241 g/mol. The maximum atomic E-state index is 5.86. The molecule has 1 aliphatic heterocycles. The molecule has 0 aromatic heterocycles. The number of fused-ring (bicyclic) bond motifs is 1. The minimum absolute atomic E-state index is 0.302. The normalized spacial score (nSPS) is 19.7. The number of benzene rings is 1. The van der Waals surface area contributed by atoms with Gasteiger partial charge in [-0.25, -0.2) is 0 Å². The molecule has 1 unspecified atom stereocenters. The first-order valence-electron chi connectivity index (χ1n) is 4.46. The van der Waals surface area contributed by atoms with E-state index < -0.39 is 0 Å². The van der Waals surface area contributed by atoms with Crippen molar-refractivity contribution in [2.45, 2.75) is 25.9 Å². The fraction of sp³-hybridized carbons (Fsp3) is 0.400. The highest BCUT2D eigenvalue weighted by molar-refractivity contribution is 9.10. The van der Waals surface area contributed by atoms with Gasteiger partial charge < -0.3 is 10.5 Å². The Morgan fingerprint density at radius 3 is 3.00 bits per heavy atom. The molecular weight excluding hydrogens is 230 g/mol. The third-order valence-electron chi connectivity index (χ3n) is 2.42. The van der Waals surface area contributed by atoms with Gasteiger partial charge in [0.2, 0.25) is 0 Å². The number of rotatable bonds is 1. The molecule has 1 aromatic carbocycles. The molecule has 0 fully saturated rings. The molecule has 2 rings (SSSR count). The summed E-state index contributed by atoms with van der Waals surface area (Å²) in [5.74, 6) is 0.937. The Bertz CT molecular complexity index is 307. The van der Waals surface area contributed by atoms with Crippen molar-refractivity contribution < 1.29 is 4.74 Å². The molecular formula is C10H12BrNO. The Morgan fingerprint density at radius 1 is 1.62 bits per heavy atom. The van der Waals surface area contributed by atoms with Crippen LogP contribution in [0.15, 0.2) is 16.6 Å². The number of nitrogens with two attached hydrogens (primary N) is 1. The number of halogens is 1. The third-order valence-corrected chi connectivity index (χ3v) is 3.04. The summed E-state index contributed by atoms with van der Waals surface area (Å²) in [5.41, 5.74) is 7.85. The molecule has 70 valence electrons. The summed E-state index contributed by atoms with van der Waals surface area (Å²) < 4.78 is 6.75. The lowest BCUT2D eigenvalue weighted by molar-refractivity contribution is 0.227. The minimum Gasteiger partial charge on any atom is -0.489 e. The quantitative estimate of drug-likeness (QED) is 0.768. The SMILES string of the molecule is CCC1Cc2c(N)ccc(Br)c2O1. The van der Waals surface area contributed by atoms with Gasteiger partial charge in [0.25, 0.3) is 0 Å². The highest BCUT2D eigenvalue weighted by Gasteiger charge is 2.25. The van der Waals surface area contributed by atoms with Gasteiger partial charge >= 0.3 is 0 Å². The van der Waals surface area contributed by atoms with E-state index in [9.17, 15) is 0 Å². The Morgan fingerprint density at radius 2 is 2.38 bits per heavy atom. The minimum atomic E-state index is 0.302. The van der Waals surface area contributed by atoms with E-state index in [1.807, 2.05) is 12.1 Å².